The lowest BCUT2D eigenvalue weighted by Gasteiger charge is -2.14. The summed E-state index contributed by atoms with van der Waals surface area (Å²) in [4.78, 5) is 40.7. The van der Waals surface area contributed by atoms with E-state index in [1.165, 1.54) is 25.0 Å². The Balaban J connectivity index is 1.43. The lowest BCUT2D eigenvalue weighted by atomic mass is 10.1. The van der Waals surface area contributed by atoms with E-state index < -0.39 is 17.6 Å². The maximum atomic E-state index is 13.0. The molecule has 4 heterocycles. The normalized spacial score (nSPS) is 11.4. The van der Waals surface area contributed by atoms with E-state index in [-0.39, 0.29) is 5.69 Å². The number of benzene rings is 1. The Morgan fingerprint density at radius 2 is 1.75 bits per heavy atom. The van der Waals surface area contributed by atoms with E-state index in [0.29, 0.717) is 45.8 Å². The zero-order valence-electron chi connectivity index (χ0n) is 18.5. The second-order valence-electron chi connectivity index (χ2n) is 7.61. The molecule has 10 nitrogen and oxygen atoms in total. The second-order valence-corrected chi connectivity index (χ2v) is 7.61. The number of halogens is 3. The zero-order valence-corrected chi connectivity index (χ0v) is 18.5. The lowest BCUT2D eigenvalue weighted by molar-refractivity contribution is -0.137. The maximum absolute atomic E-state index is 13.0. The van der Waals surface area contributed by atoms with Crippen molar-refractivity contribution in [1.29, 1.82) is 0 Å². The van der Waals surface area contributed by atoms with E-state index in [1.807, 2.05) is 6.92 Å². The van der Waals surface area contributed by atoms with Gasteiger partial charge in [-0.1, -0.05) is 6.07 Å². The molecule has 36 heavy (non-hydrogen) atoms. The van der Waals surface area contributed by atoms with Gasteiger partial charge in [0.05, 0.1) is 11.9 Å². The Morgan fingerprint density at radius 3 is 2.58 bits per heavy atom. The van der Waals surface area contributed by atoms with Gasteiger partial charge in [-0.2, -0.15) is 13.2 Å². The summed E-state index contributed by atoms with van der Waals surface area (Å²) in [5.74, 6) is -0.398. The molecule has 0 aliphatic rings. The molecular weight excluding hydrogens is 475 g/mol. The number of nitrogens with zero attached hydrogens (tertiary/aromatic N) is 6. The van der Waals surface area contributed by atoms with Gasteiger partial charge in [-0.3, -0.25) is 9.78 Å². The molecule has 3 N–H and O–H groups in total. The van der Waals surface area contributed by atoms with E-state index in [0.717, 1.165) is 17.8 Å². The highest BCUT2D eigenvalue weighted by atomic mass is 19.4. The van der Waals surface area contributed by atoms with Crippen LogP contribution in [0.1, 0.15) is 21.6 Å². The first-order chi connectivity index (χ1) is 17.3. The number of pyridine rings is 1. The number of alkyl halides is 3. The van der Waals surface area contributed by atoms with Gasteiger partial charge in [-0.15, -0.1) is 0 Å². The van der Waals surface area contributed by atoms with Crippen molar-refractivity contribution in [3.05, 3.63) is 78.4 Å². The first kappa shape index (κ1) is 22.8. The molecule has 5 aromatic rings. The van der Waals surface area contributed by atoms with Crippen molar-refractivity contribution < 1.29 is 18.0 Å². The van der Waals surface area contributed by atoms with Crippen LogP contribution in [-0.2, 0) is 6.18 Å². The summed E-state index contributed by atoms with van der Waals surface area (Å²) in [6.45, 7) is 1.84. The fourth-order valence-corrected chi connectivity index (χ4v) is 3.43. The summed E-state index contributed by atoms with van der Waals surface area (Å²) in [6.07, 6.45) is 2.28. The minimum absolute atomic E-state index is 0.342. The molecule has 1 amide bonds. The van der Waals surface area contributed by atoms with Crippen molar-refractivity contribution in [1.82, 2.24) is 34.9 Å². The van der Waals surface area contributed by atoms with Gasteiger partial charge in [0.15, 0.2) is 11.5 Å². The number of hydrogen-bond donors (Lipinski definition) is 3. The number of rotatable bonds is 5. The van der Waals surface area contributed by atoms with Gasteiger partial charge in [0.2, 0.25) is 0 Å². The molecule has 1 aromatic carbocycles. The van der Waals surface area contributed by atoms with E-state index in [4.69, 9.17) is 0 Å². The molecule has 13 heteroatoms. The monoisotopic (exact) mass is 491 g/mol. The number of amides is 1. The van der Waals surface area contributed by atoms with Crippen LogP contribution in [0.4, 0.5) is 30.4 Å². The molecule has 0 spiro atoms. The van der Waals surface area contributed by atoms with Crippen molar-refractivity contribution in [3.63, 3.8) is 0 Å². The molecule has 5 rings (SSSR count). The van der Waals surface area contributed by atoms with Gasteiger partial charge in [0, 0.05) is 30.0 Å². The number of H-pyrrole nitrogens is 1. The number of carbonyl (C=O) groups excluding carboxylic acids is 1. The van der Waals surface area contributed by atoms with Crippen LogP contribution >= 0.6 is 0 Å². The quantitative estimate of drug-likeness (QED) is 0.327. The lowest BCUT2D eigenvalue weighted by Crippen LogP contribution is -2.16. The first-order valence-corrected chi connectivity index (χ1v) is 10.5. The van der Waals surface area contributed by atoms with E-state index in [9.17, 15) is 18.0 Å². The van der Waals surface area contributed by atoms with E-state index >= 15 is 0 Å². The number of aromatic nitrogens is 7. The fourth-order valence-electron chi connectivity index (χ4n) is 3.43. The molecule has 0 aliphatic carbocycles. The van der Waals surface area contributed by atoms with Crippen LogP contribution in [0.3, 0.4) is 0 Å². The number of fused-ring (bicyclic) bond motifs is 1. The molecule has 0 fully saturated rings. The van der Waals surface area contributed by atoms with Gasteiger partial charge in [-0.05, 0) is 36.8 Å². The topological polar surface area (TPSA) is 134 Å². The molecule has 0 atom stereocenters. The molecule has 180 valence electrons. The molecule has 0 aliphatic heterocycles. The van der Waals surface area contributed by atoms with Crippen molar-refractivity contribution >= 4 is 34.3 Å². The Kier molecular flexibility index (Phi) is 5.72. The second kappa shape index (κ2) is 9.02. The standard InChI is InChI=1S/C23H16F3N9O/c1-12-2-3-14(34-22(36)16-8-13(4-5-27-16)23(24,25)26)9-15(12)35-21-19(28-6-7-29-21)17-18-20(32-10-30-17)33-11-31-18/h2-11H,1H3,(H,29,35)(H,34,36)(H,30,31,32,33). The molecule has 0 bridgehead atoms. The number of hydrogen-bond acceptors (Lipinski definition) is 8. The van der Waals surface area contributed by atoms with Crippen molar-refractivity contribution in [2.45, 2.75) is 13.1 Å². The third-order valence-electron chi connectivity index (χ3n) is 5.21. The summed E-state index contributed by atoms with van der Waals surface area (Å²) < 4.78 is 39.0. The van der Waals surface area contributed by atoms with Crippen LogP contribution in [0.15, 0.2) is 61.6 Å². The van der Waals surface area contributed by atoms with E-state index in [2.05, 4.69) is 45.5 Å². The summed E-state index contributed by atoms with van der Waals surface area (Å²) in [7, 11) is 0. The average Bonchev–Trinajstić information content (AvgIpc) is 3.35. The minimum Gasteiger partial charge on any atom is -0.338 e. The van der Waals surface area contributed by atoms with Gasteiger partial charge in [0.1, 0.15) is 28.9 Å². The Morgan fingerprint density at radius 1 is 0.917 bits per heavy atom. The summed E-state index contributed by atoms with van der Waals surface area (Å²) in [5, 5.41) is 5.77. The molecule has 0 saturated carbocycles. The van der Waals surface area contributed by atoms with Crippen molar-refractivity contribution in [3.8, 4) is 11.4 Å². The van der Waals surface area contributed by atoms with Gasteiger partial charge in [0.25, 0.3) is 5.91 Å². The maximum Gasteiger partial charge on any atom is 0.416 e. The molecule has 4 aromatic heterocycles. The predicted molar refractivity (Wildman–Crippen MR) is 124 cm³/mol. The number of nitrogens with one attached hydrogen (secondary N) is 3. The smallest absolute Gasteiger partial charge is 0.338 e. The number of imidazole rings is 1. The number of carbonyl (C=O) groups is 1. The highest BCUT2D eigenvalue weighted by molar-refractivity contribution is 6.03. The third-order valence-corrected chi connectivity index (χ3v) is 5.21. The minimum atomic E-state index is -4.58. The van der Waals surface area contributed by atoms with Crippen LogP contribution in [0.25, 0.3) is 22.6 Å². The number of anilines is 3. The molecule has 0 saturated heterocycles. The highest BCUT2D eigenvalue weighted by Gasteiger charge is 2.31. The SMILES string of the molecule is Cc1ccc(NC(=O)c2cc(C(F)(F)F)ccn2)cc1Nc1nccnc1-c1ncnc2[nH]cnc12. The Hall–Kier alpha value is -4.94. The van der Waals surface area contributed by atoms with Crippen LogP contribution in [0.2, 0.25) is 0 Å². The molecule has 0 radical (unpaired) electrons. The molecule has 0 unspecified atom stereocenters. The highest BCUT2D eigenvalue weighted by Crippen LogP contribution is 2.31. The Labute approximate surface area is 201 Å². The van der Waals surface area contributed by atoms with Crippen molar-refractivity contribution in [2.75, 3.05) is 10.6 Å². The van der Waals surface area contributed by atoms with Crippen molar-refractivity contribution in [2.24, 2.45) is 0 Å². The predicted octanol–water partition coefficient (Wildman–Crippen LogP) is 4.53. The van der Waals surface area contributed by atoms with Crippen LogP contribution in [-0.4, -0.2) is 40.8 Å². The Bertz CT molecular complexity index is 1580. The van der Waals surface area contributed by atoms with E-state index in [1.54, 1.807) is 18.2 Å². The van der Waals surface area contributed by atoms with Crippen LogP contribution < -0.4 is 10.6 Å². The largest absolute Gasteiger partial charge is 0.416 e. The fraction of sp³-hybridized carbons (Fsp3) is 0.0870. The summed E-state index contributed by atoms with van der Waals surface area (Å²) >= 11 is 0. The zero-order chi connectivity index (χ0) is 25.3. The number of aryl methyl sites for hydroxylation is 1. The third kappa shape index (κ3) is 4.53. The average molecular weight is 491 g/mol. The molecular formula is C23H16F3N9O. The summed E-state index contributed by atoms with van der Waals surface area (Å²) in [5.41, 5.74) is 2.38. The summed E-state index contributed by atoms with van der Waals surface area (Å²) in [6, 6.07) is 6.50. The first-order valence-electron chi connectivity index (χ1n) is 10.5. The van der Waals surface area contributed by atoms with Crippen LogP contribution in [0.5, 0.6) is 0 Å². The van der Waals surface area contributed by atoms with Gasteiger partial charge in [-0.25, -0.2) is 24.9 Å². The van der Waals surface area contributed by atoms with Crippen LogP contribution in [0, 0.1) is 6.92 Å². The van der Waals surface area contributed by atoms with Gasteiger partial charge >= 0.3 is 6.18 Å². The van der Waals surface area contributed by atoms with Gasteiger partial charge < -0.3 is 15.6 Å². The number of aromatic amines is 1.